The van der Waals surface area contributed by atoms with Crippen LogP contribution in [0.25, 0.3) is 0 Å². The third-order valence-corrected chi connectivity index (χ3v) is 4.91. The van der Waals surface area contributed by atoms with Crippen molar-refractivity contribution in [1.29, 1.82) is 0 Å². The van der Waals surface area contributed by atoms with Crippen molar-refractivity contribution in [2.45, 2.75) is 39.3 Å². The van der Waals surface area contributed by atoms with Crippen molar-refractivity contribution in [3.8, 4) is 0 Å². The molecule has 3 rings (SSSR count). The standard InChI is InChI=1S/C19H28N6O/c1-3-24(4-2)13-15-6-5-7-16(12-15)21-19(26)18-14-25(23-22-18)17-8-10-20-11-9-17/h5-7,12,14,17,20H,3-4,8-11,13H2,1-2H3,(H,21,26). The van der Waals surface area contributed by atoms with Gasteiger partial charge in [0.2, 0.25) is 0 Å². The molecule has 1 fully saturated rings. The van der Waals surface area contributed by atoms with Crippen LogP contribution in [-0.4, -0.2) is 52.0 Å². The van der Waals surface area contributed by atoms with Gasteiger partial charge < -0.3 is 10.6 Å². The molecule has 1 saturated heterocycles. The summed E-state index contributed by atoms with van der Waals surface area (Å²) >= 11 is 0. The van der Waals surface area contributed by atoms with E-state index in [4.69, 9.17) is 0 Å². The Hall–Kier alpha value is -2.25. The molecule has 140 valence electrons. The van der Waals surface area contributed by atoms with E-state index in [1.54, 1.807) is 6.20 Å². The van der Waals surface area contributed by atoms with Gasteiger partial charge in [0.05, 0.1) is 12.2 Å². The Bertz CT molecular complexity index is 718. The van der Waals surface area contributed by atoms with Gasteiger partial charge in [0.25, 0.3) is 5.91 Å². The van der Waals surface area contributed by atoms with Crippen LogP contribution in [0.15, 0.2) is 30.5 Å². The summed E-state index contributed by atoms with van der Waals surface area (Å²) in [5, 5.41) is 14.5. The fraction of sp³-hybridized carbons (Fsp3) is 0.526. The van der Waals surface area contributed by atoms with Crippen molar-refractivity contribution in [3.63, 3.8) is 0 Å². The van der Waals surface area contributed by atoms with E-state index >= 15 is 0 Å². The molecule has 0 radical (unpaired) electrons. The highest BCUT2D eigenvalue weighted by molar-refractivity contribution is 6.02. The summed E-state index contributed by atoms with van der Waals surface area (Å²) < 4.78 is 1.83. The van der Waals surface area contributed by atoms with Crippen LogP contribution < -0.4 is 10.6 Å². The molecule has 1 aliphatic heterocycles. The van der Waals surface area contributed by atoms with Crippen LogP contribution >= 0.6 is 0 Å². The number of nitrogens with one attached hydrogen (secondary N) is 2. The molecule has 26 heavy (non-hydrogen) atoms. The van der Waals surface area contributed by atoms with Crippen LogP contribution in [0.2, 0.25) is 0 Å². The number of anilines is 1. The maximum absolute atomic E-state index is 12.5. The molecule has 0 spiro atoms. The molecule has 1 amide bonds. The van der Waals surface area contributed by atoms with Crippen LogP contribution in [0.1, 0.15) is 48.8 Å². The minimum atomic E-state index is -0.217. The minimum Gasteiger partial charge on any atom is -0.321 e. The Labute approximate surface area is 154 Å². The van der Waals surface area contributed by atoms with Gasteiger partial charge in [-0.2, -0.15) is 0 Å². The molecule has 2 heterocycles. The Morgan fingerprint density at radius 3 is 2.81 bits per heavy atom. The average Bonchev–Trinajstić information content (AvgIpc) is 3.17. The first-order chi connectivity index (χ1) is 12.7. The number of hydrogen-bond acceptors (Lipinski definition) is 5. The maximum Gasteiger partial charge on any atom is 0.277 e. The summed E-state index contributed by atoms with van der Waals surface area (Å²) in [4.78, 5) is 14.8. The van der Waals surface area contributed by atoms with Crippen molar-refractivity contribution in [2.24, 2.45) is 0 Å². The summed E-state index contributed by atoms with van der Waals surface area (Å²) in [6, 6.07) is 8.30. The van der Waals surface area contributed by atoms with Gasteiger partial charge in [-0.25, -0.2) is 4.68 Å². The Morgan fingerprint density at radius 1 is 1.31 bits per heavy atom. The first-order valence-electron chi connectivity index (χ1n) is 9.44. The molecule has 2 N–H and O–H groups in total. The van der Waals surface area contributed by atoms with Gasteiger partial charge in [-0.15, -0.1) is 5.10 Å². The number of piperidine rings is 1. The lowest BCUT2D eigenvalue weighted by molar-refractivity contribution is 0.102. The second-order valence-electron chi connectivity index (χ2n) is 6.68. The first kappa shape index (κ1) is 18.5. The van der Waals surface area contributed by atoms with Gasteiger partial charge in [-0.05, 0) is 56.7 Å². The highest BCUT2D eigenvalue weighted by Crippen LogP contribution is 2.18. The lowest BCUT2D eigenvalue weighted by Crippen LogP contribution is -2.29. The molecule has 0 atom stereocenters. The molecule has 1 aromatic heterocycles. The highest BCUT2D eigenvalue weighted by atomic mass is 16.2. The van der Waals surface area contributed by atoms with Gasteiger partial charge in [0.15, 0.2) is 5.69 Å². The zero-order valence-corrected chi connectivity index (χ0v) is 15.6. The smallest absolute Gasteiger partial charge is 0.277 e. The maximum atomic E-state index is 12.5. The fourth-order valence-electron chi connectivity index (χ4n) is 3.28. The lowest BCUT2D eigenvalue weighted by Gasteiger charge is -2.22. The van der Waals surface area contributed by atoms with Crippen LogP contribution in [0.5, 0.6) is 0 Å². The number of amides is 1. The van der Waals surface area contributed by atoms with Gasteiger partial charge in [0, 0.05) is 12.2 Å². The van der Waals surface area contributed by atoms with Gasteiger partial charge >= 0.3 is 0 Å². The van der Waals surface area contributed by atoms with E-state index in [0.29, 0.717) is 11.7 Å². The van der Waals surface area contributed by atoms with E-state index in [2.05, 4.69) is 45.8 Å². The van der Waals surface area contributed by atoms with E-state index < -0.39 is 0 Å². The number of hydrogen-bond donors (Lipinski definition) is 2. The van der Waals surface area contributed by atoms with Crippen LogP contribution in [0.3, 0.4) is 0 Å². The third kappa shape index (κ3) is 4.68. The molecule has 0 unspecified atom stereocenters. The third-order valence-electron chi connectivity index (χ3n) is 4.91. The van der Waals surface area contributed by atoms with Crippen LogP contribution in [0.4, 0.5) is 5.69 Å². The fourth-order valence-corrected chi connectivity index (χ4v) is 3.28. The van der Waals surface area contributed by atoms with Crippen LogP contribution in [-0.2, 0) is 6.54 Å². The van der Waals surface area contributed by atoms with Crippen molar-refractivity contribution in [1.82, 2.24) is 25.2 Å². The van der Waals surface area contributed by atoms with Crippen molar-refractivity contribution >= 4 is 11.6 Å². The quantitative estimate of drug-likeness (QED) is 0.796. The predicted molar refractivity (Wildman–Crippen MR) is 102 cm³/mol. The van der Waals surface area contributed by atoms with Gasteiger partial charge in [-0.3, -0.25) is 9.69 Å². The second kappa shape index (κ2) is 8.91. The number of rotatable bonds is 7. The second-order valence-corrected chi connectivity index (χ2v) is 6.68. The molecule has 0 saturated carbocycles. The summed E-state index contributed by atoms with van der Waals surface area (Å²) in [6.45, 7) is 9.15. The van der Waals surface area contributed by atoms with E-state index in [1.165, 1.54) is 5.56 Å². The number of carbonyl (C=O) groups is 1. The summed E-state index contributed by atoms with van der Waals surface area (Å²) in [6.07, 6.45) is 3.78. The molecule has 2 aromatic rings. The molecule has 7 nitrogen and oxygen atoms in total. The topological polar surface area (TPSA) is 75.1 Å². The molecular weight excluding hydrogens is 328 g/mol. The number of nitrogens with zero attached hydrogens (tertiary/aromatic N) is 4. The molecule has 1 aliphatic rings. The monoisotopic (exact) mass is 356 g/mol. The Morgan fingerprint density at radius 2 is 2.08 bits per heavy atom. The Balaban J connectivity index is 1.63. The van der Waals surface area contributed by atoms with Crippen molar-refractivity contribution < 1.29 is 4.79 Å². The van der Waals surface area contributed by atoms with Crippen molar-refractivity contribution in [2.75, 3.05) is 31.5 Å². The summed E-state index contributed by atoms with van der Waals surface area (Å²) in [7, 11) is 0. The molecule has 1 aromatic carbocycles. The SMILES string of the molecule is CCN(CC)Cc1cccc(NC(=O)c2cn(C3CCNCC3)nn2)c1. The van der Waals surface area contributed by atoms with E-state index in [9.17, 15) is 4.79 Å². The van der Waals surface area contributed by atoms with E-state index in [1.807, 2.05) is 22.9 Å². The predicted octanol–water partition coefficient (Wildman–Crippen LogP) is 2.30. The van der Waals surface area contributed by atoms with E-state index in [0.717, 1.165) is 51.3 Å². The lowest BCUT2D eigenvalue weighted by atomic mass is 10.1. The average molecular weight is 356 g/mol. The first-order valence-corrected chi connectivity index (χ1v) is 9.44. The van der Waals surface area contributed by atoms with Gasteiger partial charge in [0.1, 0.15) is 0 Å². The van der Waals surface area contributed by atoms with E-state index in [-0.39, 0.29) is 5.91 Å². The zero-order chi connectivity index (χ0) is 18.4. The zero-order valence-electron chi connectivity index (χ0n) is 15.6. The summed E-state index contributed by atoms with van der Waals surface area (Å²) in [5.41, 5.74) is 2.33. The molecule has 0 bridgehead atoms. The van der Waals surface area contributed by atoms with Gasteiger partial charge in [-0.1, -0.05) is 31.2 Å². The number of benzene rings is 1. The molecule has 0 aliphatic carbocycles. The number of aromatic nitrogens is 3. The van der Waals surface area contributed by atoms with Crippen LogP contribution in [0, 0.1) is 0 Å². The number of carbonyl (C=O) groups excluding carboxylic acids is 1. The summed E-state index contributed by atoms with van der Waals surface area (Å²) in [5.74, 6) is -0.217. The highest BCUT2D eigenvalue weighted by Gasteiger charge is 2.18. The van der Waals surface area contributed by atoms with Crippen molar-refractivity contribution in [3.05, 3.63) is 41.7 Å². The molecule has 7 heteroatoms. The normalized spacial score (nSPS) is 15.3. The Kier molecular flexibility index (Phi) is 6.35. The molecular formula is C19H28N6O. The largest absolute Gasteiger partial charge is 0.321 e. The minimum absolute atomic E-state index is 0.217.